The van der Waals surface area contributed by atoms with Crippen molar-refractivity contribution in [2.24, 2.45) is 0 Å². The van der Waals surface area contributed by atoms with Crippen LogP contribution in [-0.2, 0) is 28.5 Å². The molecule has 0 aliphatic heterocycles. The van der Waals surface area contributed by atoms with E-state index in [0.717, 1.165) is 13.0 Å². The molecule has 0 aromatic rings. The Morgan fingerprint density at radius 2 is 0.939 bits per heavy atom. The van der Waals surface area contributed by atoms with Crippen molar-refractivity contribution in [2.45, 2.75) is 77.6 Å². The van der Waals surface area contributed by atoms with E-state index in [4.69, 9.17) is 28.8 Å². The lowest BCUT2D eigenvalue weighted by Gasteiger charge is -2.08. The van der Waals surface area contributed by atoms with Gasteiger partial charge in [0.05, 0.1) is 65.9 Å². The van der Waals surface area contributed by atoms with Crippen LogP contribution in [0.1, 0.15) is 77.6 Å². The van der Waals surface area contributed by atoms with Crippen LogP contribution in [0.15, 0.2) is 0 Å². The fraction of sp³-hybridized carbons (Fsp3) is 0.960. The highest BCUT2D eigenvalue weighted by atomic mass is 16.6. The molecular formula is C25H51NO7. The third-order valence-corrected chi connectivity index (χ3v) is 5.07. The molecule has 8 heteroatoms. The van der Waals surface area contributed by atoms with Gasteiger partial charge in [-0.2, -0.15) is 0 Å². The van der Waals surface area contributed by atoms with E-state index in [0.29, 0.717) is 72.6 Å². The molecule has 0 aliphatic carbocycles. The van der Waals surface area contributed by atoms with Crippen molar-refractivity contribution in [3.63, 3.8) is 0 Å². The Morgan fingerprint density at radius 3 is 1.39 bits per heavy atom. The molecule has 0 rings (SSSR count). The van der Waals surface area contributed by atoms with Crippen LogP contribution in [0.3, 0.4) is 0 Å². The fourth-order valence-electron chi connectivity index (χ4n) is 3.14. The second kappa shape index (κ2) is 29.3. The Labute approximate surface area is 202 Å². The largest absolute Gasteiger partial charge is 0.481 e. The third kappa shape index (κ3) is 31.2. The zero-order chi connectivity index (χ0) is 24.1. The number of rotatable bonds is 29. The third-order valence-electron chi connectivity index (χ3n) is 5.07. The molecule has 2 N–H and O–H groups in total. The highest BCUT2D eigenvalue weighted by Crippen LogP contribution is 2.10. The van der Waals surface area contributed by atoms with Gasteiger partial charge in [0.15, 0.2) is 0 Å². The Hall–Kier alpha value is -0.770. The average molecular weight is 478 g/mol. The van der Waals surface area contributed by atoms with Gasteiger partial charge in [-0.25, -0.2) is 0 Å². The number of unbranched alkanes of at least 4 members (excludes halogenated alkanes) is 9. The highest BCUT2D eigenvalue weighted by molar-refractivity contribution is 5.66. The summed E-state index contributed by atoms with van der Waals surface area (Å²) in [7, 11) is 0. The maximum atomic E-state index is 10.3. The topological polar surface area (TPSA) is 95.5 Å². The zero-order valence-electron chi connectivity index (χ0n) is 21.2. The molecule has 0 aliphatic rings. The molecule has 0 aromatic heterocycles. The number of hydrogen-bond donors (Lipinski definition) is 2. The Balaban J connectivity index is 3.01. The molecule has 198 valence electrons. The van der Waals surface area contributed by atoms with Gasteiger partial charge in [0.25, 0.3) is 0 Å². The fourth-order valence-corrected chi connectivity index (χ4v) is 3.14. The van der Waals surface area contributed by atoms with Gasteiger partial charge < -0.3 is 34.1 Å². The molecule has 33 heavy (non-hydrogen) atoms. The van der Waals surface area contributed by atoms with Crippen LogP contribution in [0.5, 0.6) is 0 Å². The van der Waals surface area contributed by atoms with Crippen LogP contribution in [0.2, 0.25) is 0 Å². The summed E-state index contributed by atoms with van der Waals surface area (Å²) in [6, 6.07) is 0. The lowest BCUT2D eigenvalue weighted by atomic mass is 10.1. The Kier molecular flexibility index (Phi) is 28.6. The summed E-state index contributed by atoms with van der Waals surface area (Å²) >= 11 is 0. The lowest BCUT2D eigenvalue weighted by Crippen LogP contribution is -2.23. The summed E-state index contributed by atoms with van der Waals surface area (Å²) in [4.78, 5) is 10.3. The van der Waals surface area contributed by atoms with Gasteiger partial charge in [0.1, 0.15) is 0 Å². The van der Waals surface area contributed by atoms with Gasteiger partial charge in [-0.15, -0.1) is 0 Å². The van der Waals surface area contributed by atoms with E-state index in [1.165, 1.54) is 57.8 Å². The summed E-state index contributed by atoms with van der Waals surface area (Å²) in [5.41, 5.74) is 0. The SMILES string of the molecule is CCCCCCCCCCCCOCCOCCOCCOCCOCCNCCC(=O)O. The molecule has 8 nitrogen and oxygen atoms in total. The predicted molar refractivity (Wildman–Crippen MR) is 131 cm³/mol. The molecule has 0 saturated carbocycles. The van der Waals surface area contributed by atoms with Crippen LogP contribution >= 0.6 is 0 Å². The van der Waals surface area contributed by atoms with Crippen LogP contribution in [-0.4, -0.2) is 90.2 Å². The molecule has 0 amide bonds. The smallest absolute Gasteiger partial charge is 0.304 e. The summed E-state index contributed by atoms with van der Waals surface area (Å²) < 4.78 is 27.4. The number of carbonyl (C=O) groups is 1. The van der Waals surface area contributed by atoms with Gasteiger partial charge in [-0.05, 0) is 6.42 Å². The minimum Gasteiger partial charge on any atom is -0.481 e. The molecule has 0 bridgehead atoms. The maximum Gasteiger partial charge on any atom is 0.304 e. The number of aliphatic carboxylic acids is 1. The van der Waals surface area contributed by atoms with Crippen LogP contribution in [0.4, 0.5) is 0 Å². The lowest BCUT2D eigenvalue weighted by molar-refractivity contribution is -0.136. The number of nitrogens with one attached hydrogen (secondary N) is 1. The van der Waals surface area contributed by atoms with Crippen molar-refractivity contribution >= 4 is 5.97 Å². The van der Waals surface area contributed by atoms with Crippen molar-refractivity contribution in [3.8, 4) is 0 Å². The molecule has 0 unspecified atom stereocenters. The number of carboxylic acid groups (broad SMARTS) is 1. The number of hydrogen-bond acceptors (Lipinski definition) is 7. The van der Waals surface area contributed by atoms with E-state index < -0.39 is 5.97 Å². The average Bonchev–Trinajstić information content (AvgIpc) is 2.80. The maximum absolute atomic E-state index is 10.3. The molecule has 0 saturated heterocycles. The summed E-state index contributed by atoms with van der Waals surface area (Å²) in [6.07, 6.45) is 13.5. The molecular weight excluding hydrogens is 426 g/mol. The first-order chi connectivity index (χ1) is 16.3. The molecule has 0 fully saturated rings. The predicted octanol–water partition coefficient (Wildman–Crippen LogP) is 4.05. The van der Waals surface area contributed by atoms with E-state index in [1.807, 2.05) is 0 Å². The summed E-state index contributed by atoms with van der Waals surface area (Å²) in [5, 5.41) is 11.5. The second-order valence-electron chi connectivity index (χ2n) is 8.14. The standard InChI is InChI=1S/C25H51NO7/c1-2-3-4-5-6-7-8-9-10-11-15-29-17-19-31-21-23-33-24-22-32-20-18-30-16-14-26-13-12-25(27)28/h26H,2-24H2,1H3,(H,27,28). The van der Waals surface area contributed by atoms with Gasteiger partial charge in [-0.1, -0.05) is 64.7 Å². The van der Waals surface area contributed by atoms with E-state index >= 15 is 0 Å². The molecule has 0 spiro atoms. The van der Waals surface area contributed by atoms with E-state index in [1.54, 1.807) is 0 Å². The van der Waals surface area contributed by atoms with E-state index in [-0.39, 0.29) is 6.42 Å². The van der Waals surface area contributed by atoms with Crippen molar-refractivity contribution in [3.05, 3.63) is 0 Å². The first-order valence-corrected chi connectivity index (χ1v) is 13.1. The van der Waals surface area contributed by atoms with E-state index in [9.17, 15) is 4.79 Å². The Bertz CT molecular complexity index is 386. The molecule has 0 atom stereocenters. The zero-order valence-corrected chi connectivity index (χ0v) is 21.2. The molecule has 0 radical (unpaired) electrons. The number of ether oxygens (including phenoxy) is 5. The summed E-state index contributed by atoms with van der Waals surface area (Å²) in [6.45, 7) is 9.23. The van der Waals surface area contributed by atoms with Gasteiger partial charge in [0.2, 0.25) is 0 Å². The monoisotopic (exact) mass is 477 g/mol. The van der Waals surface area contributed by atoms with Crippen molar-refractivity contribution in [1.29, 1.82) is 0 Å². The molecule has 0 heterocycles. The minimum absolute atomic E-state index is 0.126. The first kappa shape index (κ1) is 32.2. The van der Waals surface area contributed by atoms with Crippen LogP contribution < -0.4 is 5.32 Å². The molecule has 0 aromatic carbocycles. The second-order valence-corrected chi connectivity index (χ2v) is 8.14. The highest BCUT2D eigenvalue weighted by Gasteiger charge is 1.97. The summed E-state index contributed by atoms with van der Waals surface area (Å²) in [5.74, 6) is -0.797. The van der Waals surface area contributed by atoms with Crippen molar-refractivity contribution in [2.75, 3.05) is 79.2 Å². The van der Waals surface area contributed by atoms with Crippen LogP contribution in [0.25, 0.3) is 0 Å². The van der Waals surface area contributed by atoms with Gasteiger partial charge >= 0.3 is 5.97 Å². The van der Waals surface area contributed by atoms with Crippen molar-refractivity contribution < 1.29 is 33.6 Å². The number of carboxylic acids is 1. The minimum atomic E-state index is -0.797. The Morgan fingerprint density at radius 1 is 0.545 bits per heavy atom. The quantitative estimate of drug-likeness (QED) is 0.156. The van der Waals surface area contributed by atoms with Crippen LogP contribution in [0, 0.1) is 0 Å². The van der Waals surface area contributed by atoms with E-state index in [2.05, 4.69) is 12.2 Å². The van der Waals surface area contributed by atoms with Gasteiger partial charge in [-0.3, -0.25) is 4.79 Å². The van der Waals surface area contributed by atoms with Crippen molar-refractivity contribution in [1.82, 2.24) is 5.32 Å². The normalized spacial score (nSPS) is 11.3. The van der Waals surface area contributed by atoms with Gasteiger partial charge in [0, 0.05) is 19.7 Å². The first-order valence-electron chi connectivity index (χ1n) is 13.1.